The van der Waals surface area contributed by atoms with Gasteiger partial charge in [-0.25, -0.2) is 4.39 Å². The summed E-state index contributed by atoms with van der Waals surface area (Å²) in [6, 6.07) is 15.7. The van der Waals surface area contributed by atoms with Gasteiger partial charge in [-0.15, -0.1) is 0 Å². The topological polar surface area (TPSA) is 57.7 Å². The fourth-order valence-electron chi connectivity index (χ4n) is 4.29. The van der Waals surface area contributed by atoms with Crippen LogP contribution < -0.4 is 4.90 Å². The van der Waals surface area contributed by atoms with Gasteiger partial charge in [0.2, 0.25) is 0 Å². The average molecular weight is 435 g/mol. The third kappa shape index (κ3) is 2.86. The van der Waals surface area contributed by atoms with Crippen LogP contribution in [0.25, 0.3) is 0 Å². The Morgan fingerprint density at radius 1 is 0.806 bits per heavy atom. The van der Waals surface area contributed by atoms with Gasteiger partial charge in [0, 0.05) is 10.7 Å². The predicted octanol–water partition coefficient (Wildman–Crippen LogP) is 4.54. The van der Waals surface area contributed by atoms with Gasteiger partial charge in [-0.3, -0.25) is 19.3 Å². The Morgan fingerprint density at radius 3 is 2.03 bits per heavy atom. The first-order chi connectivity index (χ1) is 14.9. The molecule has 0 spiro atoms. The molecule has 154 valence electrons. The van der Waals surface area contributed by atoms with E-state index in [1.54, 1.807) is 54.6 Å². The van der Waals surface area contributed by atoms with Crippen molar-refractivity contribution < 1.29 is 18.8 Å². The molecular weight excluding hydrogens is 419 g/mol. The number of β-lactam (4-membered cyclic amide) rings is 1. The van der Waals surface area contributed by atoms with Crippen molar-refractivity contribution >= 4 is 35.0 Å². The Morgan fingerprint density at radius 2 is 1.42 bits per heavy atom. The summed E-state index contributed by atoms with van der Waals surface area (Å²) in [5.74, 6) is -1.83. The van der Waals surface area contributed by atoms with Gasteiger partial charge in [0.15, 0.2) is 0 Å². The lowest BCUT2D eigenvalue weighted by molar-refractivity contribution is -0.130. The average Bonchev–Trinajstić information content (AvgIpc) is 3.01. The zero-order chi connectivity index (χ0) is 21.9. The molecule has 7 heteroatoms. The number of aryl methyl sites for hydroxylation is 1. The Hall–Kier alpha value is -3.51. The minimum Gasteiger partial charge on any atom is -0.300 e. The number of halogens is 2. The van der Waals surface area contributed by atoms with Crippen molar-refractivity contribution in [1.82, 2.24) is 4.90 Å². The first-order valence-electron chi connectivity index (χ1n) is 9.70. The summed E-state index contributed by atoms with van der Waals surface area (Å²) in [5.41, 5.74) is 2.55. The smallest absolute Gasteiger partial charge is 0.262 e. The highest BCUT2D eigenvalue weighted by molar-refractivity contribution is 6.31. The summed E-state index contributed by atoms with van der Waals surface area (Å²) in [5, 5.41) is 0.454. The molecule has 0 aromatic heterocycles. The zero-order valence-corrected chi connectivity index (χ0v) is 17.1. The van der Waals surface area contributed by atoms with Crippen molar-refractivity contribution in [2.75, 3.05) is 4.90 Å². The molecule has 2 heterocycles. The molecule has 1 saturated heterocycles. The fraction of sp³-hybridized carbons (Fsp3) is 0.125. The van der Waals surface area contributed by atoms with Gasteiger partial charge >= 0.3 is 0 Å². The number of hydrogen-bond donors (Lipinski definition) is 0. The van der Waals surface area contributed by atoms with Crippen LogP contribution in [-0.4, -0.2) is 28.7 Å². The third-order valence-corrected chi connectivity index (χ3v) is 6.05. The van der Waals surface area contributed by atoms with Crippen molar-refractivity contribution in [2.45, 2.75) is 19.0 Å². The Balaban J connectivity index is 1.62. The summed E-state index contributed by atoms with van der Waals surface area (Å²) in [4.78, 5) is 42.0. The van der Waals surface area contributed by atoms with Gasteiger partial charge in [0.25, 0.3) is 17.7 Å². The summed E-state index contributed by atoms with van der Waals surface area (Å²) in [7, 11) is 0. The van der Waals surface area contributed by atoms with E-state index >= 15 is 0 Å². The fourth-order valence-corrected chi connectivity index (χ4v) is 4.45. The molecule has 0 bridgehead atoms. The van der Waals surface area contributed by atoms with E-state index in [0.717, 1.165) is 10.5 Å². The normalized spacial score (nSPS) is 20.2. The highest BCUT2D eigenvalue weighted by Gasteiger charge is 2.57. The Labute approximate surface area is 182 Å². The molecule has 3 aromatic carbocycles. The molecule has 2 aliphatic rings. The number of nitrogens with zero attached hydrogens (tertiary/aromatic N) is 2. The van der Waals surface area contributed by atoms with Crippen molar-refractivity contribution in [1.29, 1.82) is 0 Å². The summed E-state index contributed by atoms with van der Waals surface area (Å²) in [6.07, 6.45) is 0. The van der Waals surface area contributed by atoms with Crippen molar-refractivity contribution in [3.63, 3.8) is 0 Å². The molecule has 0 aliphatic carbocycles. The number of carbonyl (C=O) groups is 3. The van der Waals surface area contributed by atoms with Crippen molar-refractivity contribution in [2.24, 2.45) is 0 Å². The van der Waals surface area contributed by atoms with Crippen LogP contribution in [-0.2, 0) is 4.79 Å². The molecule has 5 nitrogen and oxygen atoms in total. The van der Waals surface area contributed by atoms with Gasteiger partial charge < -0.3 is 4.90 Å². The van der Waals surface area contributed by atoms with E-state index in [9.17, 15) is 18.8 Å². The number of amides is 3. The lowest BCUT2D eigenvalue weighted by Gasteiger charge is -2.50. The Bertz CT molecular complexity index is 1220. The highest BCUT2D eigenvalue weighted by Crippen LogP contribution is 2.45. The first-order valence-corrected chi connectivity index (χ1v) is 10.1. The second-order valence-electron chi connectivity index (χ2n) is 7.61. The number of rotatable bonds is 3. The molecule has 0 unspecified atom stereocenters. The van der Waals surface area contributed by atoms with Gasteiger partial charge in [-0.1, -0.05) is 41.9 Å². The van der Waals surface area contributed by atoms with Crippen molar-refractivity contribution in [3.8, 4) is 0 Å². The number of hydrogen-bond acceptors (Lipinski definition) is 3. The number of fused-ring (bicyclic) bond motifs is 1. The van der Waals surface area contributed by atoms with Gasteiger partial charge in [0.1, 0.15) is 11.9 Å². The molecule has 2 atom stereocenters. The maximum Gasteiger partial charge on any atom is 0.262 e. The van der Waals surface area contributed by atoms with Gasteiger partial charge in [0.05, 0.1) is 17.2 Å². The quantitative estimate of drug-likeness (QED) is 0.449. The monoisotopic (exact) mass is 434 g/mol. The van der Waals surface area contributed by atoms with E-state index in [-0.39, 0.29) is 11.1 Å². The molecule has 0 radical (unpaired) electrons. The largest absolute Gasteiger partial charge is 0.300 e. The number of imide groups is 1. The summed E-state index contributed by atoms with van der Waals surface area (Å²) < 4.78 is 13.6. The van der Waals surface area contributed by atoms with Crippen LogP contribution in [0.2, 0.25) is 5.02 Å². The molecule has 31 heavy (non-hydrogen) atoms. The Kier molecular flexibility index (Phi) is 4.41. The third-order valence-electron chi connectivity index (χ3n) is 5.81. The lowest BCUT2D eigenvalue weighted by atomic mass is 9.85. The standard InChI is InChI=1S/C24H16ClFN2O3/c1-13-6-9-15(25)12-19(13)27-20(14-7-10-16(26)11-8-14)21(24(27)31)28-22(29)17-4-2-3-5-18(17)23(28)30/h2-12,20-21H,1H3/t20-,21-/m1/s1. The van der Waals surface area contributed by atoms with E-state index in [2.05, 4.69) is 0 Å². The van der Waals surface area contributed by atoms with Gasteiger partial charge in [-0.05, 0) is 54.4 Å². The lowest BCUT2D eigenvalue weighted by Crippen LogP contribution is -2.67. The van der Waals surface area contributed by atoms with Crippen LogP contribution in [0.1, 0.15) is 37.9 Å². The maximum absolute atomic E-state index is 13.6. The second kappa shape index (κ2) is 7.03. The predicted molar refractivity (Wildman–Crippen MR) is 114 cm³/mol. The SMILES string of the molecule is Cc1ccc(Cl)cc1N1C(=O)[C@H](N2C(=O)c3ccccc3C2=O)[C@H]1c1ccc(F)cc1. The van der Waals surface area contributed by atoms with Gasteiger partial charge in [-0.2, -0.15) is 0 Å². The first kappa shape index (κ1) is 19.5. The highest BCUT2D eigenvalue weighted by atomic mass is 35.5. The molecular formula is C24H16ClFN2O3. The van der Waals surface area contributed by atoms with Crippen LogP contribution in [0.5, 0.6) is 0 Å². The van der Waals surface area contributed by atoms with E-state index in [0.29, 0.717) is 16.3 Å². The number of benzene rings is 3. The van der Waals surface area contributed by atoms with Crippen LogP contribution in [0, 0.1) is 12.7 Å². The summed E-state index contributed by atoms with van der Waals surface area (Å²) >= 11 is 6.17. The summed E-state index contributed by atoms with van der Waals surface area (Å²) in [6.45, 7) is 1.84. The van der Waals surface area contributed by atoms with Crippen molar-refractivity contribution in [3.05, 3.63) is 99.8 Å². The molecule has 3 aromatic rings. The number of carbonyl (C=O) groups excluding carboxylic acids is 3. The second-order valence-corrected chi connectivity index (χ2v) is 8.04. The van der Waals surface area contributed by atoms with E-state index in [1.165, 1.54) is 17.0 Å². The zero-order valence-electron chi connectivity index (χ0n) is 16.4. The van der Waals surface area contributed by atoms with Crippen LogP contribution in [0.15, 0.2) is 66.7 Å². The molecule has 5 rings (SSSR count). The molecule has 3 amide bonds. The molecule has 0 saturated carbocycles. The minimum absolute atomic E-state index is 0.274. The maximum atomic E-state index is 13.6. The van der Waals surface area contributed by atoms with Crippen LogP contribution in [0.4, 0.5) is 10.1 Å². The van der Waals surface area contributed by atoms with Crippen LogP contribution >= 0.6 is 11.6 Å². The molecule has 0 N–H and O–H groups in total. The van der Waals surface area contributed by atoms with E-state index in [1.807, 2.05) is 6.92 Å². The minimum atomic E-state index is -1.03. The van der Waals surface area contributed by atoms with E-state index < -0.39 is 35.6 Å². The number of anilines is 1. The molecule has 1 fully saturated rings. The van der Waals surface area contributed by atoms with E-state index in [4.69, 9.17) is 11.6 Å². The van der Waals surface area contributed by atoms with Crippen LogP contribution in [0.3, 0.4) is 0 Å². The molecule has 2 aliphatic heterocycles.